The number of aromatic hydroxyl groups is 3. The highest BCUT2D eigenvalue weighted by atomic mass is 35.5. The van der Waals surface area contributed by atoms with Gasteiger partial charge in [0.05, 0.1) is 37.0 Å². The number of aliphatic hydroxyl groups excluding tert-OH is 8. The highest BCUT2D eigenvalue weighted by Crippen LogP contribution is 2.49. The number of fused-ring (bicyclic) bond motifs is 14. The van der Waals surface area contributed by atoms with Crippen molar-refractivity contribution in [3.8, 4) is 74.4 Å². The number of carbonyl (C=O) groups excluding carboxylic acids is 7. The highest BCUT2D eigenvalue weighted by molar-refractivity contribution is 6.32. The molecule has 0 saturated carbocycles. The number of rotatable bonds is 10. The van der Waals surface area contributed by atoms with E-state index in [9.17, 15) is 75.7 Å². The molecule has 17 bridgehead atoms. The molecule has 112 heavy (non-hydrogen) atoms. The fraction of sp³-hybridized carbons (Fsp3) is 0.324. The second kappa shape index (κ2) is 32.3. The highest BCUT2D eigenvalue weighted by Gasteiger charge is 2.50. The van der Waals surface area contributed by atoms with Crippen LogP contribution in [0.4, 0.5) is 0 Å². The summed E-state index contributed by atoms with van der Waals surface area (Å²) in [5.41, 5.74) is 3.84. The Kier molecular flexibility index (Phi) is 22.7. The number of halogens is 2. The first-order valence-electron chi connectivity index (χ1n) is 34.4. The van der Waals surface area contributed by atoms with Gasteiger partial charge in [0.15, 0.2) is 35.3 Å². The largest absolute Gasteiger partial charge is 0.508 e. The number of nitrogens with two attached hydrogens (primary N) is 1. The van der Waals surface area contributed by atoms with Crippen LogP contribution in [0.15, 0.2) is 115 Å². The third kappa shape index (κ3) is 15.8. The molecule has 7 unspecified atom stereocenters. The molecule has 590 valence electrons. The average molecular weight is 1590 g/mol. The first kappa shape index (κ1) is 78.9. The lowest BCUT2D eigenvalue weighted by Crippen LogP contribution is -2.65. The molecule has 36 nitrogen and oxygen atoms in total. The zero-order valence-electron chi connectivity index (χ0n) is 58.4. The number of aliphatic carboxylic acids is 1. The van der Waals surface area contributed by atoms with Crippen LogP contribution in [0.5, 0.6) is 63.2 Å². The van der Waals surface area contributed by atoms with E-state index in [1.54, 1.807) is 0 Å². The van der Waals surface area contributed by atoms with Gasteiger partial charge in [-0.25, -0.2) is 4.79 Å². The number of carboxylic acids is 1. The van der Waals surface area contributed by atoms with Crippen molar-refractivity contribution in [3.63, 3.8) is 0 Å². The monoisotopic (exact) mass is 1590 g/mol. The van der Waals surface area contributed by atoms with Crippen LogP contribution < -0.4 is 66.6 Å². The molecule has 0 aliphatic carbocycles. The van der Waals surface area contributed by atoms with Gasteiger partial charge < -0.3 is 142 Å². The van der Waals surface area contributed by atoms with Crippen molar-refractivity contribution in [2.24, 2.45) is 5.73 Å². The predicted molar refractivity (Wildman–Crippen MR) is 381 cm³/mol. The summed E-state index contributed by atoms with van der Waals surface area (Å²) in [6.45, 7) is -1.99. The summed E-state index contributed by atoms with van der Waals surface area (Å²) in [4.78, 5) is 122. The molecule has 21 N–H and O–H groups in total. The zero-order valence-corrected chi connectivity index (χ0v) is 59.9. The molecule has 38 heteroatoms. The molecule has 8 heterocycles. The topological polar surface area (TPSA) is 563 Å². The Morgan fingerprint density at radius 2 is 1.15 bits per heavy atom. The van der Waals surface area contributed by atoms with E-state index in [-0.39, 0.29) is 84.9 Å². The standard InChI is InChI=1S/C74H72Cl2N8O28/c1-26(88)78-57-61(94)59(92)49(24-86)110-73(57)112-64-30-7-10-44(40(76)16-30)108-48-19-33-18-47(65(48)105-2)107-43-9-3-27(11-39(43)75)12-41-66(97)80-54(32-13-34(89)20-36(14-32)106-45-17-28(6-8-42(45)91)52(77)67(98)79-41)69(100)82-55(33)70(101)81-53-29-4-5-31(23-85)37(15-29)51-38(56(72(103)104)83-71(102)58(64)84-68(53)99)21-35(90)22-46(51)109-74-63(96)62(95)60(93)50(25-87)111-74/h3-11,13-22,41,49-50,52-64,73-74,85-87,89-96H,12,23-25,77H2,1-2H3,(H,78,88)(H,79,98)(H,80,97)(H,81,101)(H,82,100)(H,83,102)(H,84,99)(H,103,104)/t41-,49?,50?,52-,53-,54?,55-,56+,57?,58+,59-,60-,61?,62?,63?,64-,73+,74+/m1/s1. The number of phenols is 3. The predicted octanol–water partition coefficient (Wildman–Crippen LogP) is 0.516. The normalized spacial score (nSPS) is 27.8. The Hall–Kier alpha value is -11.2. The lowest BCUT2D eigenvalue weighted by Gasteiger charge is -2.44. The molecule has 18 atom stereocenters. The molecular formula is C74H72Cl2N8O28. The maximum absolute atomic E-state index is 16.5. The molecule has 7 aromatic carbocycles. The lowest BCUT2D eigenvalue weighted by atomic mass is 9.87. The van der Waals surface area contributed by atoms with Crippen molar-refractivity contribution >= 4 is 70.5 Å². The number of hydrogen-bond acceptors (Lipinski definition) is 28. The number of benzene rings is 7. The van der Waals surface area contributed by atoms with Crippen LogP contribution in [-0.4, -0.2) is 202 Å². The first-order chi connectivity index (χ1) is 53.4. The fourth-order valence-electron chi connectivity index (χ4n) is 13.9. The summed E-state index contributed by atoms with van der Waals surface area (Å²) >= 11 is 14.3. The minimum atomic E-state index is -2.47. The minimum Gasteiger partial charge on any atom is -0.508 e. The third-order valence-corrected chi connectivity index (χ3v) is 20.1. The number of carboxylic acid groups (broad SMARTS) is 1. The Bertz CT molecular complexity index is 4920. The Morgan fingerprint density at radius 1 is 0.562 bits per heavy atom. The molecule has 0 aromatic heterocycles. The summed E-state index contributed by atoms with van der Waals surface area (Å²) in [6, 6.07) is 5.44. The number of ether oxygens (including phenoxy) is 8. The third-order valence-electron chi connectivity index (χ3n) is 19.5. The number of carbonyl (C=O) groups is 8. The van der Waals surface area contributed by atoms with E-state index in [4.69, 9.17) is 66.8 Å². The average Bonchev–Trinajstić information content (AvgIpc) is 0.760. The van der Waals surface area contributed by atoms with E-state index in [1.165, 1.54) is 73.8 Å². The molecule has 0 radical (unpaired) electrons. The Labute approximate surface area is 642 Å². The number of aliphatic hydroxyl groups is 8. The van der Waals surface area contributed by atoms with Crippen molar-refractivity contribution in [3.05, 3.63) is 170 Å². The molecule has 15 rings (SSSR count). The van der Waals surface area contributed by atoms with E-state index < -0.39 is 227 Å². The lowest BCUT2D eigenvalue weighted by molar-refractivity contribution is -0.284. The molecule has 8 aliphatic heterocycles. The van der Waals surface area contributed by atoms with Crippen molar-refractivity contribution in [2.75, 3.05) is 20.3 Å². The van der Waals surface area contributed by atoms with Crippen molar-refractivity contribution in [2.45, 2.75) is 130 Å². The number of methoxy groups -OCH3 is 1. The Balaban J connectivity index is 1.07. The smallest absolute Gasteiger partial charge is 0.330 e. The molecule has 2 fully saturated rings. The minimum absolute atomic E-state index is 0.0807. The van der Waals surface area contributed by atoms with Crippen LogP contribution in [0.1, 0.15) is 87.7 Å². The quantitative estimate of drug-likeness (QED) is 0.0887. The van der Waals surface area contributed by atoms with Crippen LogP contribution in [-0.2, 0) is 65.6 Å². The van der Waals surface area contributed by atoms with E-state index >= 15 is 24.0 Å². The van der Waals surface area contributed by atoms with Gasteiger partial charge in [-0.2, -0.15) is 0 Å². The van der Waals surface area contributed by atoms with Gasteiger partial charge in [-0.3, -0.25) is 33.6 Å². The maximum atomic E-state index is 16.5. The molecule has 7 aromatic rings. The number of nitrogens with one attached hydrogen (secondary N) is 7. The Morgan fingerprint density at radius 3 is 1.79 bits per heavy atom. The summed E-state index contributed by atoms with van der Waals surface area (Å²) < 4.78 is 49.7. The second-order valence-electron chi connectivity index (χ2n) is 26.9. The van der Waals surface area contributed by atoms with Gasteiger partial charge in [0.2, 0.25) is 53.4 Å². The summed E-state index contributed by atoms with van der Waals surface area (Å²) in [5.74, 6) is -15.4. The molecule has 2 saturated heterocycles. The van der Waals surface area contributed by atoms with E-state index in [2.05, 4.69) is 37.2 Å². The molecule has 7 amide bonds. The van der Waals surface area contributed by atoms with Crippen molar-refractivity contribution in [1.29, 1.82) is 0 Å². The van der Waals surface area contributed by atoms with E-state index in [1.807, 2.05) is 0 Å². The van der Waals surface area contributed by atoms with Gasteiger partial charge in [0, 0.05) is 36.6 Å². The molecule has 0 spiro atoms. The van der Waals surface area contributed by atoms with Gasteiger partial charge in [0.25, 0.3) is 0 Å². The van der Waals surface area contributed by atoms with Gasteiger partial charge in [-0.1, -0.05) is 53.5 Å². The van der Waals surface area contributed by atoms with Crippen LogP contribution in [0.3, 0.4) is 0 Å². The number of amides is 7. The molecular weight excluding hydrogens is 1520 g/mol. The molecule has 8 aliphatic rings. The van der Waals surface area contributed by atoms with Gasteiger partial charge >= 0.3 is 5.97 Å². The van der Waals surface area contributed by atoms with Gasteiger partial charge in [0.1, 0.15) is 126 Å². The van der Waals surface area contributed by atoms with Crippen LogP contribution in [0, 0.1) is 0 Å². The SMILES string of the molecule is COc1c2cc3cc1Oc1ccc(cc1Cl)[C@@H](O[C@@H]1OC(CO)[C@@H](O)C(O)C1NC(C)=O)[C@@H]1NC(=O)[C@H](NC(=O)[C@@H]3NC(=O)C3NC(=O)[C@@H](Cc4ccc(c(Cl)c4)O2)NC(=O)[C@H](N)c2ccc(O)c(c2)Oc2cc(O)cc3c2)c2ccc(CO)c(c2)-c2c(O[C@H]3OC(CO)[C@@H](O)C(O)C3O)cc(O)cc2[C@@H](C(=O)O)NC1=O. The van der Waals surface area contributed by atoms with Crippen LogP contribution in [0.25, 0.3) is 11.1 Å². The van der Waals surface area contributed by atoms with Gasteiger partial charge in [-0.15, -0.1) is 0 Å². The fourth-order valence-corrected chi connectivity index (χ4v) is 14.3. The van der Waals surface area contributed by atoms with E-state index in [0.29, 0.717) is 0 Å². The van der Waals surface area contributed by atoms with E-state index in [0.717, 1.165) is 55.5 Å². The van der Waals surface area contributed by atoms with Crippen molar-refractivity contribution in [1.82, 2.24) is 37.2 Å². The van der Waals surface area contributed by atoms with Gasteiger partial charge in [-0.05, 0) is 117 Å². The van der Waals surface area contributed by atoms with Crippen LogP contribution in [0.2, 0.25) is 10.0 Å². The first-order valence-corrected chi connectivity index (χ1v) is 35.1. The summed E-state index contributed by atoms with van der Waals surface area (Å²) in [5, 5.41) is 151. The number of hydrogen-bond donors (Lipinski definition) is 20. The zero-order chi connectivity index (χ0) is 80.2. The van der Waals surface area contributed by atoms with Crippen LogP contribution >= 0.6 is 23.2 Å². The second-order valence-corrected chi connectivity index (χ2v) is 27.7. The van der Waals surface area contributed by atoms with Crippen molar-refractivity contribution < 1.29 is 138 Å². The number of phenolic OH excluding ortho intramolecular Hbond substituents is 3. The summed E-state index contributed by atoms with van der Waals surface area (Å²) in [6.07, 6.45) is -20.5. The summed E-state index contributed by atoms with van der Waals surface area (Å²) in [7, 11) is 1.19. The maximum Gasteiger partial charge on any atom is 0.330 e.